The van der Waals surface area contributed by atoms with Gasteiger partial charge in [-0.15, -0.1) is 0 Å². The molecule has 1 aromatic heterocycles. The maximum absolute atomic E-state index is 11.5. The van der Waals surface area contributed by atoms with E-state index in [1.807, 2.05) is 18.3 Å². The molecular formula is C21H18Br2N2O2. The zero-order chi connectivity index (χ0) is 19.6. The average Bonchev–Trinajstić information content (AvgIpc) is 2.89. The summed E-state index contributed by atoms with van der Waals surface area (Å²) in [6.45, 7) is 4.14. The van der Waals surface area contributed by atoms with Gasteiger partial charge in [0.05, 0.1) is 18.4 Å². The van der Waals surface area contributed by atoms with Crippen molar-refractivity contribution in [3.05, 3.63) is 80.0 Å². The Bertz CT molecular complexity index is 1000. The van der Waals surface area contributed by atoms with E-state index in [2.05, 4.69) is 67.4 Å². The number of ether oxygens (including phenoxy) is 1. The van der Waals surface area contributed by atoms with Crippen molar-refractivity contribution in [3.63, 3.8) is 0 Å². The molecule has 3 rings (SSSR count). The third kappa shape index (κ3) is 4.06. The number of hydrogen-bond acceptors (Lipinski definition) is 3. The number of aromatic nitrogens is 1. The standard InChI is InChI=1S/C21H18Br2N2O2/c1-13-19(12-24-17-8-4-15(5-9-17)21(26)27-3)20(23)14(2)25(13)18-10-6-16(22)7-11-18/h4-12H,1-3H3. The van der Waals surface area contributed by atoms with Crippen molar-refractivity contribution in [1.29, 1.82) is 0 Å². The van der Waals surface area contributed by atoms with Gasteiger partial charge in [-0.1, -0.05) is 15.9 Å². The number of methoxy groups -OCH3 is 1. The van der Waals surface area contributed by atoms with Gasteiger partial charge in [0.1, 0.15) is 0 Å². The molecule has 0 N–H and O–H groups in total. The quantitative estimate of drug-likeness (QED) is 0.325. The second-order valence-corrected chi connectivity index (χ2v) is 7.72. The van der Waals surface area contributed by atoms with Gasteiger partial charge in [0, 0.05) is 37.8 Å². The van der Waals surface area contributed by atoms with Crippen LogP contribution in [0.2, 0.25) is 0 Å². The summed E-state index contributed by atoms with van der Waals surface area (Å²) in [5.41, 5.74) is 5.59. The third-order valence-corrected chi connectivity index (χ3v) is 5.86. The number of hydrogen-bond donors (Lipinski definition) is 0. The summed E-state index contributed by atoms with van der Waals surface area (Å²) < 4.78 is 8.96. The first-order chi connectivity index (χ1) is 12.9. The summed E-state index contributed by atoms with van der Waals surface area (Å²) in [5, 5.41) is 0. The molecule has 0 aliphatic heterocycles. The molecule has 6 heteroatoms. The lowest BCUT2D eigenvalue weighted by Crippen LogP contribution is -2.00. The molecule has 0 aliphatic rings. The monoisotopic (exact) mass is 488 g/mol. The number of benzene rings is 2. The van der Waals surface area contributed by atoms with Gasteiger partial charge in [-0.3, -0.25) is 4.99 Å². The molecule has 3 aromatic rings. The average molecular weight is 490 g/mol. The van der Waals surface area contributed by atoms with E-state index in [1.54, 1.807) is 24.3 Å². The van der Waals surface area contributed by atoms with Crippen molar-refractivity contribution in [3.8, 4) is 5.69 Å². The zero-order valence-corrected chi connectivity index (χ0v) is 18.3. The van der Waals surface area contributed by atoms with Crippen LogP contribution in [0.4, 0.5) is 5.69 Å². The predicted molar refractivity (Wildman–Crippen MR) is 116 cm³/mol. The highest BCUT2D eigenvalue weighted by atomic mass is 79.9. The first-order valence-corrected chi connectivity index (χ1v) is 9.86. The Balaban J connectivity index is 1.93. The molecule has 0 fully saturated rings. The maximum Gasteiger partial charge on any atom is 0.337 e. The molecule has 0 radical (unpaired) electrons. The molecule has 0 unspecified atom stereocenters. The van der Waals surface area contributed by atoms with Crippen molar-refractivity contribution >= 4 is 49.7 Å². The predicted octanol–water partition coefficient (Wildman–Crippen LogP) is 6.16. The van der Waals surface area contributed by atoms with E-state index in [9.17, 15) is 4.79 Å². The normalized spacial score (nSPS) is 11.1. The molecular weight excluding hydrogens is 472 g/mol. The highest BCUT2D eigenvalue weighted by Crippen LogP contribution is 2.30. The van der Waals surface area contributed by atoms with Gasteiger partial charge in [-0.05, 0) is 78.3 Å². The van der Waals surface area contributed by atoms with Crippen molar-refractivity contribution < 1.29 is 9.53 Å². The summed E-state index contributed by atoms with van der Waals surface area (Å²) in [7, 11) is 1.37. The molecule has 138 valence electrons. The van der Waals surface area contributed by atoms with Crippen LogP contribution in [-0.4, -0.2) is 23.9 Å². The molecule has 0 spiro atoms. The van der Waals surface area contributed by atoms with E-state index in [-0.39, 0.29) is 5.97 Å². The second-order valence-electron chi connectivity index (χ2n) is 6.01. The molecule has 0 saturated carbocycles. The minimum atomic E-state index is -0.355. The number of halogens is 2. The molecule has 0 atom stereocenters. The highest BCUT2D eigenvalue weighted by molar-refractivity contribution is 9.10. The molecule has 27 heavy (non-hydrogen) atoms. The van der Waals surface area contributed by atoms with Gasteiger partial charge in [0.2, 0.25) is 0 Å². The van der Waals surface area contributed by atoms with Gasteiger partial charge >= 0.3 is 5.97 Å². The molecule has 4 nitrogen and oxygen atoms in total. The van der Waals surface area contributed by atoms with Gasteiger partial charge in [0.15, 0.2) is 0 Å². The molecule has 0 saturated heterocycles. The van der Waals surface area contributed by atoms with Gasteiger partial charge in [-0.2, -0.15) is 0 Å². The Morgan fingerprint density at radius 2 is 1.63 bits per heavy atom. The van der Waals surface area contributed by atoms with E-state index in [1.165, 1.54) is 7.11 Å². The lowest BCUT2D eigenvalue weighted by Gasteiger charge is -2.09. The van der Waals surface area contributed by atoms with Crippen LogP contribution in [0.1, 0.15) is 27.3 Å². The largest absolute Gasteiger partial charge is 0.465 e. The Morgan fingerprint density at radius 3 is 2.22 bits per heavy atom. The Labute approximate surface area is 175 Å². The van der Waals surface area contributed by atoms with Crippen molar-refractivity contribution in [2.24, 2.45) is 4.99 Å². The lowest BCUT2D eigenvalue weighted by atomic mass is 10.2. The summed E-state index contributed by atoms with van der Waals surface area (Å²) in [6, 6.07) is 15.2. The SMILES string of the molecule is COC(=O)c1ccc(N=Cc2c(Br)c(C)n(-c3ccc(Br)cc3)c2C)cc1. The van der Waals surface area contributed by atoms with Crippen LogP contribution in [0.15, 0.2) is 62.5 Å². The summed E-state index contributed by atoms with van der Waals surface area (Å²) in [4.78, 5) is 16.1. The molecule has 1 heterocycles. The highest BCUT2D eigenvalue weighted by Gasteiger charge is 2.15. The minimum Gasteiger partial charge on any atom is -0.465 e. The molecule has 0 aliphatic carbocycles. The number of aliphatic imine (C=N–C) groups is 1. The van der Waals surface area contributed by atoms with E-state index >= 15 is 0 Å². The van der Waals surface area contributed by atoms with E-state index in [4.69, 9.17) is 4.74 Å². The van der Waals surface area contributed by atoms with E-state index in [0.29, 0.717) is 5.56 Å². The fourth-order valence-electron chi connectivity index (χ4n) is 2.89. The molecule has 0 amide bonds. The summed E-state index contributed by atoms with van der Waals surface area (Å²) in [6.07, 6.45) is 1.84. The van der Waals surface area contributed by atoms with Crippen LogP contribution in [0.3, 0.4) is 0 Å². The Morgan fingerprint density at radius 1 is 1.00 bits per heavy atom. The number of esters is 1. The van der Waals surface area contributed by atoms with Crippen molar-refractivity contribution in [2.75, 3.05) is 7.11 Å². The summed E-state index contributed by atoms with van der Waals surface area (Å²) >= 11 is 7.17. The van der Waals surface area contributed by atoms with Crippen LogP contribution < -0.4 is 0 Å². The zero-order valence-electron chi connectivity index (χ0n) is 15.2. The summed E-state index contributed by atoms with van der Waals surface area (Å²) in [5.74, 6) is -0.355. The maximum atomic E-state index is 11.5. The van der Waals surface area contributed by atoms with Gasteiger partial charge in [0.25, 0.3) is 0 Å². The third-order valence-electron chi connectivity index (χ3n) is 4.33. The van der Waals surface area contributed by atoms with Crippen LogP contribution in [-0.2, 0) is 4.74 Å². The first-order valence-electron chi connectivity index (χ1n) is 8.28. The van der Waals surface area contributed by atoms with Gasteiger partial charge < -0.3 is 9.30 Å². The van der Waals surface area contributed by atoms with Gasteiger partial charge in [-0.25, -0.2) is 4.79 Å². The van der Waals surface area contributed by atoms with Crippen LogP contribution in [0, 0.1) is 13.8 Å². The number of carbonyl (C=O) groups excluding carboxylic acids is 1. The fraction of sp³-hybridized carbons (Fsp3) is 0.143. The molecule has 0 bridgehead atoms. The van der Waals surface area contributed by atoms with Crippen LogP contribution in [0.25, 0.3) is 5.69 Å². The Hall–Kier alpha value is -2.18. The lowest BCUT2D eigenvalue weighted by molar-refractivity contribution is 0.0601. The number of rotatable bonds is 4. The van der Waals surface area contributed by atoms with Crippen LogP contribution in [0.5, 0.6) is 0 Å². The van der Waals surface area contributed by atoms with Crippen molar-refractivity contribution in [1.82, 2.24) is 4.57 Å². The Kier molecular flexibility index (Phi) is 5.97. The van der Waals surface area contributed by atoms with E-state index < -0.39 is 0 Å². The smallest absolute Gasteiger partial charge is 0.337 e. The second kappa shape index (κ2) is 8.23. The topological polar surface area (TPSA) is 43.6 Å². The number of carbonyl (C=O) groups is 1. The van der Waals surface area contributed by atoms with Crippen LogP contribution >= 0.6 is 31.9 Å². The first kappa shape index (κ1) is 19.6. The molecule has 2 aromatic carbocycles. The number of nitrogens with zero attached hydrogens (tertiary/aromatic N) is 2. The van der Waals surface area contributed by atoms with Crippen molar-refractivity contribution in [2.45, 2.75) is 13.8 Å². The fourth-order valence-corrected chi connectivity index (χ4v) is 3.72. The van der Waals surface area contributed by atoms with E-state index in [0.717, 1.165) is 37.3 Å². The minimum absolute atomic E-state index is 0.355.